The lowest BCUT2D eigenvalue weighted by Gasteiger charge is -2.10. The van der Waals surface area contributed by atoms with E-state index in [0.717, 1.165) is 21.3 Å². The number of carbonyl (C=O) groups excluding carboxylic acids is 1. The van der Waals surface area contributed by atoms with Gasteiger partial charge in [0.05, 0.1) is 19.2 Å². The van der Waals surface area contributed by atoms with Crippen molar-refractivity contribution in [3.63, 3.8) is 0 Å². The number of halogens is 1. The minimum Gasteiger partial charge on any atom is -0.497 e. The van der Waals surface area contributed by atoms with E-state index in [1.54, 1.807) is 13.2 Å². The van der Waals surface area contributed by atoms with Crippen LogP contribution in [0.3, 0.4) is 0 Å². The zero-order chi connectivity index (χ0) is 15.4. The van der Waals surface area contributed by atoms with Crippen molar-refractivity contribution in [3.05, 3.63) is 52.0 Å². The highest BCUT2D eigenvalue weighted by molar-refractivity contribution is 9.10. The molecule has 0 aromatic heterocycles. The summed E-state index contributed by atoms with van der Waals surface area (Å²) in [4.78, 5) is 12.1. The molecule has 2 rings (SSSR count). The summed E-state index contributed by atoms with van der Waals surface area (Å²) >= 11 is 3.43. The molecule has 0 atom stereocenters. The lowest BCUT2D eigenvalue weighted by Crippen LogP contribution is -2.15. The van der Waals surface area contributed by atoms with Gasteiger partial charge in [0, 0.05) is 10.2 Å². The standard InChI is InChI=1S/C16H17BrN2O2/c1-10-7-13(17)15(9-14(10)18)19-16(20)8-11-3-5-12(21-2)6-4-11/h3-7,9H,8,18H2,1-2H3,(H,19,20). The van der Waals surface area contributed by atoms with Gasteiger partial charge in [-0.05, 0) is 58.2 Å². The summed E-state index contributed by atoms with van der Waals surface area (Å²) < 4.78 is 5.91. The highest BCUT2D eigenvalue weighted by atomic mass is 79.9. The van der Waals surface area contributed by atoms with Crippen LogP contribution in [-0.4, -0.2) is 13.0 Å². The van der Waals surface area contributed by atoms with E-state index in [-0.39, 0.29) is 5.91 Å². The van der Waals surface area contributed by atoms with Crippen molar-refractivity contribution in [2.75, 3.05) is 18.2 Å². The normalized spacial score (nSPS) is 10.2. The van der Waals surface area contributed by atoms with Crippen LogP contribution >= 0.6 is 15.9 Å². The Bertz CT molecular complexity index is 654. The van der Waals surface area contributed by atoms with Crippen LogP contribution < -0.4 is 15.8 Å². The number of aryl methyl sites for hydroxylation is 1. The highest BCUT2D eigenvalue weighted by Gasteiger charge is 2.09. The molecule has 0 fully saturated rings. The number of methoxy groups -OCH3 is 1. The molecule has 4 nitrogen and oxygen atoms in total. The topological polar surface area (TPSA) is 64.3 Å². The highest BCUT2D eigenvalue weighted by Crippen LogP contribution is 2.27. The van der Waals surface area contributed by atoms with Gasteiger partial charge in [-0.1, -0.05) is 12.1 Å². The van der Waals surface area contributed by atoms with E-state index < -0.39 is 0 Å². The first-order valence-corrected chi connectivity index (χ1v) is 7.27. The minimum atomic E-state index is -0.0934. The lowest BCUT2D eigenvalue weighted by molar-refractivity contribution is -0.115. The van der Waals surface area contributed by atoms with E-state index in [4.69, 9.17) is 10.5 Å². The fourth-order valence-electron chi connectivity index (χ4n) is 1.91. The Morgan fingerprint density at radius 1 is 1.29 bits per heavy atom. The van der Waals surface area contributed by atoms with E-state index >= 15 is 0 Å². The molecule has 2 aromatic carbocycles. The van der Waals surface area contributed by atoms with Gasteiger partial charge in [-0.25, -0.2) is 0 Å². The number of benzene rings is 2. The first-order valence-electron chi connectivity index (χ1n) is 6.48. The van der Waals surface area contributed by atoms with Crippen molar-refractivity contribution in [1.82, 2.24) is 0 Å². The predicted octanol–water partition coefficient (Wildman–Crippen LogP) is 3.53. The molecule has 0 aliphatic carbocycles. The third-order valence-electron chi connectivity index (χ3n) is 3.15. The molecule has 0 aliphatic heterocycles. The van der Waals surface area contributed by atoms with Crippen LogP contribution in [0.15, 0.2) is 40.9 Å². The molecular weight excluding hydrogens is 332 g/mol. The van der Waals surface area contributed by atoms with Crippen LogP contribution in [-0.2, 0) is 11.2 Å². The fraction of sp³-hybridized carbons (Fsp3) is 0.188. The number of rotatable bonds is 4. The molecule has 0 unspecified atom stereocenters. The Kier molecular flexibility index (Phi) is 4.85. The summed E-state index contributed by atoms with van der Waals surface area (Å²) in [5.74, 6) is 0.678. The quantitative estimate of drug-likeness (QED) is 0.830. The van der Waals surface area contributed by atoms with Crippen LogP contribution in [0.25, 0.3) is 0 Å². The van der Waals surface area contributed by atoms with Gasteiger partial charge in [-0.2, -0.15) is 0 Å². The van der Waals surface area contributed by atoms with Crippen molar-refractivity contribution in [2.24, 2.45) is 0 Å². The van der Waals surface area contributed by atoms with Gasteiger partial charge < -0.3 is 15.8 Å². The average Bonchev–Trinajstić information content (AvgIpc) is 2.45. The molecule has 110 valence electrons. The smallest absolute Gasteiger partial charge is 0.228 e. The second-order valence-electron chi connectivity index (χ2n) is 4.76. The summed E-state index contributed by atoms with van der Waals surface area (Å²) in [7, 11) is 1.61. The van der Waals surface area contributed by atoms with E-state index in [2.05, 4.69) is 21.2 Å². The molecule has 0 bridgehead atoms. The molecule has 1 amide bonds. The molecule has 0 aliphatic rings. The molecule has 3 N–H and O–H groups in total. The van der Waals surface area contributed by atoms with Crippen molar-refractivity contribution in [2.45, 2.75) is 13.3 Å². The monoisotopic (exact) mass is 348 g/mol. The SMILES string of the molecule is COc1ccc(CC(=O)Nc2cc(N)c(C)cc2Br)cc1. The molecule has 0 heterocycles. The van der Waals surface area contributed by atoms with E-state index in [0.29, 0.717) is 17.8 Å². The van der Waals surface area contributed by atoms with Crippen LogP contribution in [0.1, 0.15) is 11.1 Å². The molecule has 0 spiro atoms. The number of hydrogen-bond acceptors (Lipinski definition) is 3. The van der Waals surface area contributed by atoms with Crippen molar-refractivity contribution in [3.8, 4) is 5.75 Å². The van der Waals surface area contributed by atoms with E-state index in [1.165, 1.54) is 0 Å². The third-order valence-corrected chi connectivity index (χ3v) is 3.81. The number of nitrogens with two attached hydrogens (primary N) is 1. The molecule has 2 aromatic rings. The van der Waals surface area contributed by atoms with Crippen molar-refractivity contribution < 1.29 is 9.53 Å². The van der Waals surface area contributed by atoms with E-state index in [1.807, 2.05) is 37.3 Å². The maximum Gasteiger partial charge on any atom is 0.228 e. The first kappa shape index (κ1) is 15.4. The van der Waals surface area contributed by atoms with Crippen LogP contribution in [0.4, 0.5) is 11.4 Å². The Hall–Kier alpha value is -2.01. The first-order chi connectivity index (χ1) is 9.99. The minimum absolute atomic E-state index is 0.0934. The third kappa shape index (κ3) is 3.98. The zero-order valence-electron chi connectivity index (χ0n) is 11.9. The summed E-state index contributed by atoms with van der Waals surface area (Å²) in [6, 6.07) is 11.1. The summed E-state index contributed by atoms with van der Waals surface area (Å²) in [6.07, 6.45) is 0.296. The number of nitrogen functional groups attached to an aromatic ring is 1. The molecule has 0 saturated heterocycles. The molecule has 0 saturated carbocycles. The largest absolute Gasteiger partial charge is 0.497 e. The maximum absolute atomic E-state index is 12.1. The molecule has 21 heavy (non-hydrogen) atoms. The number of hydrogen-bond donors (Lipinski definition) is 2. The Morgan fingerprint density at radius 3 is 2.57 bits per heavy atom. The second kappa shape index (κ2) is 6.63. The van der Waals surface area contributed by atoms with Crippen LogP contribution in [0, 0.1) is 6.92 Å². The Morgan fingerprint density at radius 2 is 1.95 bits per heavy atom. The second-order valence-corrected chi connectivity index (χ2v) is 5.62. The average molecular weight is 349 g/mol. The Balaban J connectivity index is 2.06. The van der Waals surface area contributed by atoms with E-state index in [9.17, 15) is 4.79 Å². The van der Waals surface area contributed by atoms with Gasteiger partial charge in [0.25, 0.3) is 0 Å². The maximum atomic E-state index is 12.1. The lowest BCUT2D eigenvalue weighted by atomic mass is 10.1. The number of carbonyl (C=O) groups is 1. The number of anilines is 2. The van der Waals surface area contributed by atoms with Crippen molar-refractivity contribution >= 4 is 33.2 Å². The fourth-order valence-corrected chi connectivity index (χ4v) is 2.47. The summed E-state index contributed by atoms with van der Waals surface area (Å²) in [5.41, 5.74) is 9.08. The van der Waals surface area contributed by atoms with Gasteiger partial charge in [0.2, 0.25) is 5.91 Å². The molecule has 0 radical (unpaired) electrons. The number of amides is 1. The van der Waals surface area contributed by atoms with Crippen LogP contribution in [0.5, 0.6) is 5.75 Å². The van der Waals surface area contributed by atoms with Gasteiger partial charge in [-0.3, -0.25) is 4.79 Å². The van der Waals surface area contributed by atoms with Gasteiger partial charge in [-0.15, -0.1) is 0 Å². The molecular formula is C16H17BrN2O2. The molecule has 5 heteroatoms. The predicted molar refractivity (Wildman–Crippen MR) is 88.6 cm³/mol. The zero-order valence-corrected chi connectivity index (χ0v) is 13.5. The van der Waals surface area contributed by atoms with Gasteiger partial charge in [0.15, 0.2) is 0 Å². The van der Waals surface area contributed by atoms with Crippen LogP contribution in [0.2, 0.25) is 0 Å². The number of nitrogens with one attached hydrogen (secondary N) is 1. The number of ether oxygens (including phenoxy) is 1. The van der Waals surface area contributed by atoms with Crippen molar-refractivity contribution in [1.29, 1.82) is 0 Å². The summed E-state index contributed by atoms with van der Waals surface area (Å²) in [6.45, 7) is 1.92. The Labute approximate surface area is 132 Å². The van der Waals surface area contributed by atoms with Gasteiger partial charge >= 0.3 is 0 Å². The summed E-state index contributed by atoms with van der Waals surface area (Å²) in [5, 5.41) is 2.86. The van der Waals surface area contributed by atoms with Gasteiger partial charge in [0.1, 0.15) is 5.75 Å².